The first kappa shape index (κ1) is 8.51. The van der Waals surface area contributed by atoms with E-state index in [9.17, 15) is 4.79 Å². The van der Waals surface area contributed by atoms with E-state index in [0.717, 1.165) is 24.8 Å². The zero-order valence-electron chi connectivity index (χ0n) is 7.44. The number of ketones is 1. The van der Waals surface area contributed by atoms with Gasteiger partial charge in [0.25, 0.3) is 0 Å². The maximum absolute atomic E-state index is 11.4. The largest absolute Gasteiger partial charge is 0.295 e. The van der Waals surface area contributed by atoms with Gasteiger partial charge in [-0.1, -0.05) is 12.0 Å². The van der Waals surface area contributed by atoms with Gasteiger partial charge in [-0.05, 0) is 38.7 Å². The molecule has 11 heavy (non-hydrogen) atoms. The summed E-state index contributed by atoms with van der Waals surface area (Å²) < 4.78 is 0. The van der Waals surface area contributed by atoms with E-state index in [1.54, 1.807) is 0 Å². The lowest BCUT2D eigenvalue weighted by molar-refractivity contribution is -0.115. The van der Waals surface area contributed by atoms with Crippen molar-refractivity contribution in [2.24, 2.45) is 0 Å². The smallest absolute Gasteiger partial charge is 0.158 e. The molecule has 0 radical (unpaired) electrons. The average Bonchev–Trinajstić information content (AvgIpc) is 2.13. The predicted molar refractivity (Wildman–Crippen MR) is 46.5 cm³/mol. The molecule has 0 amide bonds. The van der Waals surface area contributed by atoms with Gasteiger partial charge in [0.15, 0.2) is 5.78 Å². The number of allylic oxidation sites excluding steroid dienone is 2. The van der Waals surface area contributed by atoms with Gasteiger partial charge in [-0.15, -0.1) is 0 Å². The molecule has 0 bridgehead atoms. The Kier molecular flexibility index (Phi) is 2.86. The minimum atomic E-state index is 0.391. The highest BCUT2D eigenvalue weighted by Gasteiger charge is 2.13. The lowest BCUT2D eigenvalue weighted by Crippen LogP contribution is -2.00. The lowest BCUT2D eigenvalue weighted by Gasteiger charge is -2.02. The van der Waals surface area contributed by atoms with Crippen molar-refractivity contribution in [1.29, 1.82) is 0 Å². The molecule has 0 saturated heterocycles. The molecule has 0 aromatic rings. The Morgan fingerprint density at radius 2 is 1.73 bits per heavy atom. The van der Waals surface area contributed by atoms with E-state index in [0.29, 0.717) is 5.78 Å². The molecule has 1 nitrogen and oxygen atoms in total. The molecule has 1 rings (SSSR count). The van der Waals surface area contributed by atoms with Gasteiger partial charge < -0.3 is 0 Å². The van der Waals surface area contributed by atoms with Gasteiger partial charge in [0.05, 0.1) is 0 Å². The molecule has 62 valence electrons. The van der Waals surface area contributed by atoms with Crippen molar-refractivity contribution >= 4 is 5.78 Å². The van der Waals surface area contributed by atoms with Gasteiger partial charge in [0.2, 0.25) is 0 Å². The summed E-state index contributed by atoms with van der Waals surface area (Å²) in [6, 6.07) is 0. The second-order valence-corrected chi connectivity index (χ2v) is 3.46. The molecule has 1 heteroatoms. The van der Waals surface area contributed by atoms with E-state index >= 15 is 0 Å². The Bertz CT molecular complexity index is 185. The summed E-state index contributed by atoms with van der Waals surface area (Å²) in [5, 5.41) is 0. The zero-order valence-corrected chi connectivity index (χ0v) is 7.44. The number of carbonyl (C=O) groups is 1. The van der Waals surface area contributed by atoms with Crippen LogP contribution >= 0.6 is 0 Å². The second kappa shape index (κ2) is 3.70. The molecule has 0 aromatic heterocycles. The Morgan fingerprint density at radius 3 is 2.36 bits per heavy atom. The predicted octanol–water partition coefficient (Wildman–Crippen LogP) is 2.86. The first-order chi connectivity index (χ1) is 5.22. The van der Waals surface area contributed by atoms with E-state index in [2.05, 4.69) is 0 Å². The van der Waals surface area contributed by atoms with Crippen LogP contribution in [0.1, 0.15) is 46.0 Å². The van der Waals surface area contributed by atoms with Gasteiger partial charge in [-0.25, -0.2) is 0 Å². The van der Waals surface area contributed by atoms with Crippen molar-refractivity contribution in [3.63, 3.8) is 0 Å². The van der Waals surface area contributed by atoms with Gasteiger partial charge in [-0.3, -0.25) is 4.79 Å². The minimum Gasteiger partial charge on any atom is -0.295 e. The van der Waals surface area contributed by atoms with Crippen molar-refractivity contribution in [3.8, 4) is 0 Å². The number of Topliss-reactive ketones (excluding diaryl/α,β-unsaturated/α-hetero) is 1. The summed E-state index contributed by atoms with van der Waals surface area (Å²) in [6.07, 6.45) is 5.31. The van der Waals surface area contributed by atoms with Gasteiger partial charge >= 0.3 is 0 Å². The summed E-state index contributed by atoms with van der Waals surface area (Å²) >= 11 is 0. The van der Waals surface area contributed by atoms with Crippen LogP contribution in [0.2, 0.25) is 0 Å². The van der Waals surface area contributed by atoms with Crippen LogP contribution in [0.15, 0.2) is 11.1 Å². The van der Waals surface area contributed by atoms with Gasteiger partial charge in [0.1, 0.15) is 0 Å². The fourth-order valence-electron chi connectivity index (χ4n) is 1.58. The van der Waals surface area contributed by atoms with Crippen LogP contribution < -0.4 is 0 Å². The van der Waals surface area contributed by atoms with Crippen molar-refractivity contribution < 1.29 is 4.79 Å². The van der Waals surface area contributed by atoms with E-state index in [4.69, 9.17) is 0 Å². The van der Waals surface area contributed by atoms with Gasteiger partial charge in [-0.2, -0.15) is 0 Å². The molecule has 1 aliphatic carbocycles. The standard InChI is InChI=1S/C10H16O/c1-8(2)9-6-4-3-5-7-10(9)11/h3-7H2,1-2H3. The molecule has 0 spiro atoms. The highest BCUT2D eigenvalue weighted by molar-refractivity contribution is 5.96. The molecular weight excluding hydrogens is 136 g/mol. The van der Waals surface area contributed by atoms with Crippen LogP contribution in [-0.2, 0) is 4.79 Å². The van der Waals surface area contributed by atoms with Crippen LogP contribution in [0, 0.1) is 0 Å². The number of carbonyl (C=O) groups excluding carboxylic acids is 1. The number of hydrogen-bond donors (Lipinski definition) is 0. The van der Waals surface area contributed by atoms with Crippen molar-refractivity contribution in [2.75, 3.05) is 0 Å². The molecule has 0 aliphatic heterocycles. The van der Waals surface area contributed by atoms with Crippen molar-refractivity contribution in [1.82, 2.24) is 0 Å². The number of hydrogen-bond acceptors (Lipinski definition) is 1. The third-order valence-electron chi connectivity index (χ3n) is 2.27. The Labute approximate surface area is 68.5 Å². The Morgan fingerprint density at radius 1 is 1.09 bits per heavy atom. The average molecular weight is 152 g/mol. The third-order valence-corrected chi connectivity index (χ3v) is 2.27. The minimum absolute atomic E-state index is 0.391. The zero-order chi connectivity index (χ0) is 8.27. The SMILES string of the molecule is CC(C)=C1CCCCCC1=O. The fourth-order valence-corrected chi connectivity index (χ4v) is 1.58. The molecule has 1 saturated carbocycles. The summed E-state index contributed by atoms with van der Waals surface area (Å²) in [5.41, 5.74) is 2.32. The monoisotopic (exact) mass is 152 g/mol. The molecule has 0 aromatic carbocycles. The van der Waals surface area contributed by atoms with Crippen LogP contribution in [0.4, 0.5) is 0 Å². The first-order valence-corrected chi connectivity index (χ1v) is 4.41. The van der Waals surface area contributed by atoms with E-state index in [1.807, 2.05) is 13.8 Å². The summed E-state index contributed by atoms with van der Waals surface area (Å²) in [6.45, 7) is 4.08. The topological polar surface area (TPSA) is 17.1 Å². The Balaban J connectivity index is 2.76. The molecule has 1 aliphatic rings. The summed E-state index contributed by atoms with van der Waals surface area (Å²) in [4.78, 5) is 11.4. The van der Waals surface area contributed by atoms with Crippen LogP contribution in [-0.4, -0.2) is 5.78 Å². The molecule has 1 fully saturated rings. The van der Waals surface area contributed by atoms with Crippen molar-refractivity contribution in [2.45, 2.75) is 46.0 Å². The maximum atomic E-state index is 11.4. The quantitative estimate of drug-likeness (QED) is 0.385. The molecule has 0 heterocycles. The fraction of sp³-hybridized carbons (Fsp3) is 0.700. The van der Waals surface area contributed by atoms with Gasteiger partial charge in [0, 0.05) is 6.42 Å². The van der Waals surface area contributed by atoms with E-state index < -0.39 is 0 Å². The summed E-state index contributed by atoms with van der Waals surface area (Å²) in [5.74, 6) is 0.391. The van der Waals surface area contributed by atoms with Crippen molar-refractivity contribution in [3.05, 3.63) is 11.1 Å². The highest BCUT2D eigenvalue weighted by Crippen LogP contribution is 2.21. The maximum Gasteiger partial charge on any atom is 0.158 e. The molecule has 0 atom stereocenters. The normalized spacial score (nSPS) is 19.8. The molecule has 0 unspecified atom stereocenters. The van der Waals surface area contributed by atoms with E-state index in [-0.39, 0.29) is 0 Å². The summed E-state index contributed by atoms with van der Waals surface area (Å²) in [7, 11) is 0. The molecule has 0 N–H and O–H groups in total. The third kappa shape index (κ3) is 2.18. The number of rotatable bonds is 0. The second-order valence-electron chi connectivity index (χ2n) is 3.46. The Hall–Kier alpha value is -0.590. The van der Waals surface area contributed by atoms with Crippen LogP contribution in [0.25, 0.3) is 0 Å². The molecular formula is C10H16O. The first-order valence-electron chi connectivity index (χ1n) is 4.41. The van der Waals surface area contributed by atoms with E-state index in [1.165, 1.54) is 18.4 Å². The van der Waals surface area contributed by atoms with Crippen LogP contribution in [0.3, 0.4) is 0 Å². The lowest BCUT2D eigenvalue weighted by atomic mass is 10.0. The highest BCUT2D eigenvalue weighted by atomic mass is 16.1. The van der Waals surface area contributed by atoms with Crippen LogP contribution in [0.5, 0.6) is 0 Å².